The van der Waals surface area contributed by atoms with Crippen molar-refractivity contribution in [3.63, 3.8) is 0 Å². The van der Waals surface area contributed by atoms with Crippen LogP contribution >= 0.6 is 11.6 Å². The summed E-state index contributed by atoms with van der Waals surface area (Å²) < 4.78 is 0. The summed E-state index contributed by atoms with van der Waals surface area (Å²) in [7, 11) is 0. The van der Waals surface area contributed by atoms with Gasteiger partial charge in [-0.25, -0.2) is 9.97 Å². The largest absolute Gasteiger partial charge is 0.236 e. The number of hydrogen-bond acceptors (Lipinski definition) is 2. The monoisotopic (exact) mass is 274 g/mol. The van der Waals surface area contributed by atoms with E-state index in [-0.39, 0.29) is 0 Å². The number of rotatable bonds is 5. The van der Waals surface area contributed by atoms with Gasteiger partial charge in [-0.15, -0.1) is 0 Å². The Labute approximate surface area is 119 Å². The van der Waals surface area contributed by atoms with E-state index in [1.807, 2.05) is 0 Å². The van der Waals surface area contributed by atoms with Crippen LogP contribution in [0.5, 0.6) is 0 Å². The molecule has 0 bridgehead atoms. The van der Waals surface area contributed by atoms with Crippen LogP contribution in [-0.4, -0.2) is 9.97 Å². The van der Waals surface area contributed by atoms with E-state index in [4.69, 9.17) is 11.6 Å². The zero-order chi connectivity index (χ0) is 13.7. The quantitative estimate of drug-likeness (QED) is 0.739. The normalized spacial score (nSPS) is 10.7. The molecule has 0 saturated heterocycles. The maximum atomic E-state index is 6.21. The molecule has 0 fully saturated rings. The second-order valence-electron chi connectivity index (χ2n) is 4.69. The van der Waals surface area contributed by atoms with E-state index in [1.165, 1.54) is 5.56 Å². The molecule has 0 spiro atoms. The van der Waals surface area contributed by atoms with Gasteiger partial charge in [0, 0.05) is 11.1 Å². The topological polar surface area (TPSA) is 25.8 Å². The van der Waals surface area contributed by atoms with Gasteiger partial charge >= 0.3 is 0 Å². The van der Waals surface area contributed by atoms with E-state index in [2.05, 4.69) is 48.1 Å². The van der Waals surface area contributed by atoms with Gasteiger partial charge in [0.2, 0.25) is 0 Å². The van der Waals surface area contributed by atoms with Crippen molar-refractivity contribution >= 4 is 11.6 Å². The highest BCUT2D eigenvalue weighted by atomic mass is 35.5. The van der Waals surface area contributed by atoms with E-state index >= 15 is 0 Å². The summed E-state index contributed by atoms with van der Waals surface area (Å²) in [4.78, 5) is 8.53. The first-order valence-electron chi connectivity index (χ1n) is 6.85. The molecular formula is C16H19ClN2. The number of benzene rings is 1. The highest BCUT2D eigenvalue weighted by molar-refractivity contribution is 6.30. The molecule has 0 aliphatic rings. The van der Waals surface area contributed by atoms with Crippen LogP contribution in [0, 0.1) is 0 Å². The van der Waals surface area contributed by atoms with Gasteiger partial charge in [0.05, 0.1) is 5.69 Å². The van der Waals surface area contributed by atoms with Crippen LogP contribution in [0.15, 0.2) is 30.6 Å². The fourth-order valence-electron chi connectivity index (χ4n) is 2.27. The van der Waals surface area contributed by atoms with Crippen LogP contribution in [0.25, 0.3) is 11.3 Å². The molecule has 1 aromatic carbocycles. The molecule has 100 valence electrons. The van der Waals surface area contributed by atoms with E-state index in [0.717, 1.165) is 42.5 Å². The molecule has 0 N–H and O–H groups in total. The van der Waals surface area contributed by atoms with Crippen LogP contribution in [-0.2, 0) is 12.8 Å². The molecular weight excluding hydrogens is 256 g/mol. The van der Waals surface area contributed by atoms with E-state index in [1.54, 1.807) is 6.33 Å². The highest BCUT2D eigenvalue weighted by Gasteiger charge is 2.11. The zero-order valence-electron chi connectivity index (χ0n) is 11.5. The lowest BCUT2D eigenvalue weighted by Gasteiger charge is -2.10. The second kappa shape index (κ2) is 6.67. The van der Waals surface area contributed by atoms with Crippen LogP contribution < -0.4 is 0 Å². The van der Waals surface area contributed by atoms with Crippen molar-refractivity contribution < 1.29 is 0 Å². The SMILES string of the molecule is CCCc1cccc(-c2ncnc(Cl)c2CCC)c1. The average Bonchev–Trinajstić information content (AvgIpc) is 2.42. The number of aromatic nitrogens is 2. The Balaban J connectivity index is 2.46. The van der Waals surface area contributed by atoms with Crippen LogP contribution in [0.1, 0.15) is 37.8 Å². The molecule has 0 unspecified atom stereocenters. The maximum absolute atomic E-state index is 6.21. The van der Waals surface area contributed by atoms with Gasteiger partial charge in [-0.2, -0.15) is 0 Å². The van der Waals surface area contributed by atoms with Crippen molar-refractivity contribution in [2.24, 2.45) is 0 Å². The van der Waals surface area contributed by atoms with Crippen molar-refractivity contribution in [2.75, 3.05) is 0 Å². The molecule has 2 rings (SSSR count). The summed E-state index contributed by atoms with van der Waals surface area (Å²) in [5.74, 6) is 0. The molecule has 0 amide bonds. The Morgan fingerprint density at radius 1 is 1.05 bits per heavy atom. The maximum Gasteiger partial charge on any atom is 0.136 e. The van der Waals surface area contributed by atoms with Gasteiger partial charge in [-0.05, 0) is 24.5 Å². The molecule has 1 heterocycles. The second-order valence-corrected chi connectivity index (χ2v) is 5.05. The fourth-order valence-corrected chi connectivity index (χ4v) is 2.50. The first kappa shape index (κ1) is 14.0. The number of hydrogen-bond donors (Lipinski definition) is 0. The molecule has 0 aliphatic carbocycles. The third kappa shape index (κ3) is 3.32. The molecule has 0 atom stereocenters. The molecule has 2 nitrogen and oxygen atoms in total. The lowest BCUT2D eigenvalue weighted by Crippen LogP contribution is -1.97. The Bertz CT molecular complexity index is 552. The number of nitrogens with zero attached hydrogens (tertiary/aromatic N) is 2. The van der Waals surface area contributed by atoms with Gasteiger partial charge in [0.15, 0.2) is 0 Å². The molecule has 19 heavy (non-hydrogen) atoms. The minimum Gasteiger partial charge on any atom is -0.236 e. The van der Waals surface area contributed by atoms with Crippen molar-refractivity contribution in [2.45, 2.75) is 39.5 Å². The summed E-state index contributed by atoms with van der Waals surface area (Å²) in [5, 5.41) is 0.577. The van der Waals surface area contributed by atoms with Crippen molar-refractivity contribution in [3.8, 4) is 11.3 Å². The predicted molar refractivity (Wildman–Crippen MR) is 80.5 cm³/mol. The molecule has 0 radical (unpaired) electrons. The minimum atomic E-state index is 0.577. The highest BCUT2D eigenvalue weighted by Crippen LogP contribution is 2.27. The van der Waals surface area contributed by atoms with Crippen LogP contribution in [0.3, 0.4) is 0 Å². The fraction of sp³-hybridized carbons (Fsp3) is 0.375. The van der Waals surface area contributed by atoms with Crippen molar-refractivity contribution in [1.29, 1.82) is 0 Å². The third-order valence-electron chi connectivity index (χ3n) is 3.13. The third-order valence-corrected chi connectivity index (χ3v) is 3.46. The summed E-state index contributed by atoms with van der Waals surface area (Å²) in [6.45, 7) is 4.33. The molecule has 0 saturated carbocycles. The van der Waals surface area contributed by atoms with Gasteiger partial charge < -0.3 is 0 Å². The number of halogens is 1. The van der Waals surface area contributed by atoms with Crippen molar-refractivity contribution in [3.05, 3.63) is 46.9 Å². The zero-order valence-corrected chi connectivity index (χ0v) is 12.2. The van der Waals surface area contributed by atoms with Crippen molar-refractivity contribution in [1.82, 2.24) is 9.97 Å². The molecule has 2 aromatic rings. The minimum absolute atomic E-state index is 0.577. The smallest absolute Gasteiger partial charge is 0.136 e. The van der Waals surface area contributed by atoms with E-state index < -0.39 is 0 Å². The summed E-state index contributed by atoms with van der Waals surface area (Å²) in [6, 6.07) is 8.56. The van der Waals surface area contributed by atoms with Crippen LogP contribution in [0.2, 0.25) is 5.15 Å². The van der Waals surface area contributed by atoms with E-state index in [9.17, 15) is 0 Å². The summed E-state index contributed by atoms with van der Waals surface area (Å²) in [6.07, 6.45) is 5.73. The van der Waals surface area contributed by atoms with Gasteiger partial charge in [-0.1, -0.05) is 56.5 Å². The molecule has 0 aliphatic heterocycles. The van der Waals surface area contributed by atoms with E-state index in [0.29, 0.717) is 5.15 Å². The Morgan fingerprint density at radius 2 is 1.84 bits per heavy atom. The number of aryl methyl sites for hydroxylation is 1. The molecule has 3 heteroatoms. The Kier molecular flexibility index (Phi) is 4.92. The van der Waals surface area contributed by atoms with Gasteiger partial charge in [0.25, 0.3) is 0 Å². The average molecular weight is 275 g/mol. The van der Waals surface area contributed by atoms with Crippen LogP contribution in [0.4, 0.5) is 0 Å². The standard InChI is InChI=1S/C16H19ClN2/c1-3-6-12-8-5-9-13(10-12)15-14(7-4-2)16(17)19-11-18-15/h5,8-11H,3-4,6-7H2,1-2H3. The van der Waals surface area contributed by atoms with Gasteiger partial charge in [0.1, 0.15) is 11.5 Å². The predicted octanol–water partition coefficient (Wildman–Crippen LogP) is 4.70. The Morgan fingerprint density at radius 3 is 2.58 bits per heavy atom. The lowest BCUT2D eigenvalue weighted by molar-refractivity contribution is 0.902. The Hall–Kier alpha value is -1.41. The first-order chi connectivity index (χ1) is 9.26. The van der Waals surface area contributed by atoms with Gasteiger partial charge in [-0.3, -0.25) is 0 Å². The molecule has 1 aromatic heterocycles. The summed E-state index contributed by atoms with van der Waals surface area (Å²) >= 11 is 6.21. The summed E-state index contributed by atoms with van der Waals surface area (Å²) in [5.41, 5.74) is 4.51. The lowest BCUT2D eigenvalue weighted by atomic mass is 10.0. The first-order valence-corrected chi connectivity index (χ1v) is 7.22.